The maximum absolute atomic E-state index is 13.7. The summed E-state index contributed by atoms with van der Waals surface area (Å²) in [7, 11) is 0. The molecule has 0 aliphatic rings. The van der Waals surface area contributed by atoms with E-state index in [9.17, 15) is 9.18 Å². The van der Waals surface area contributed by atoms with Gasteiger partial charge in [-0.25, -0.2) is 9.37 Å². The van der Waals surface area contributed by atoms with Gasteiger partial charge in [0.2, 0.25) is 0 Å². The standard InChI is InChI=1S/C16H11ClFN3O/c17-11-1-6-14(15(18)9-11)16(22)20-12-2-4-13(5-3-12)21-8-7-19-10-21/h1-10H,(H,20,22). The molecule has 1 N–H and O–H groups in total. The van der Waals surface area contributed by atoms with Gasteiger partial charge in [-0.05, 0) is 42.5 Å². The molecule has 22 heavy (non-hydrogen) atoms. The minimum absolute atomic E-state index is 0.0527. The number of hydrogen-bond acceptors (Lipinski definition) is 2. The van der Waals surface area contributed by atoms with Crippen LogP contribution in [0.15, 0.2) is 61.2 Å². The maximum atomic E-state index is 13.7. The van der Waals surface area contributed by atoms with E-state index in [-0.39, 0.29) is 10.6 Å². The van der Waals surface area contributed by atoms with Crippen LogP contribution in [0.25, 0.3) is 5.69 Å². The largest absolute Gasteiger partial charge is 0.322 e. The number of carbonyl (C=O) groups is 1. The van der Waals surface area contributed by atoms with Gasteiger partial charge in [-0.2, -0.15) is 0 Å². The lowest BCUT2D eigenvalue weighted by atomic mass is 10.2. The van der Waals surface area contributed by atoms with Crippen LogP contribution in [0.5, 0.6) is 0 Å². The molecule has 3 aromatic rings. The minimum atomic E-state index is -0.653. The third kappa shape index (κ3) is 2.99. The topological polar surface area (TPSA) is 46.9 Å². The fraction of sp³-hybridized carbons (Fsp3) is 0. The molecule has 0 saturated heterocycles. The summed E-state index contributed by atoms with van der Waals surface area (Å²) in [4.78, 5) is 16.0. The van der Waals surface area contributed by atoms with Gasteiger partial charge in [0.15, 0.2) is 0 Å². The highest BCUT2D eigenvalue weighted by molar-refractivity contribution is 6.30. The smallest absolute Gasteiger partial charge is 0.258 e. The zero-order valence-corrected chi connectivity index (χ0v) is 12.1. The predicted octanol–water partition coefficient (Wildman–Crippen LogP) is 3.92. The Morgan fingerprint density at radius 1 is 1.18 bits per heavy atom. The number of rotatable bonds is 3. The molecule has 0 fully saturated rings. The third-order valence-corrected chi connectivity index (χ3v) is 3.34. The molecule has 0 aliphatic carbocycles. The van der Waals surface area contributed by atoms with Crippen LogP contribution >= 0.6 is 11.6 Å². The number of carbonyl (C=O) groups excluding carboxylic acids is 1. The molecular formula is C16H11ClFN3O. The van der Waals surface area contributed by atoms with Gasteiger partial charge >= 0.3 is 0 Å². The van der Waals surface area contributed by atoms with Crippen molar-refractivity contribution in [2.24, 2.45) is 0 Å². The molecule has 0 saturated carbocycles. The van der Waals surface area contributed by atoms with Gasteiger partial charge < -0.3 is 9.88 Å². The van der Waals surface area contributed by atoms with Crippen LogP contribution in [0.2, 0.25) is 5.02 Å². The summed E-state index contributed by atoms with van der Waals surface area (Å²) >= 11 is 5.67. The second-order valence-electron chi connectivity index (χ2n) is 4.60. The van der Waals surface area contributed by atoms with E-state index in [0.29, 0.717) is 5.69 Å². The van der Waals surface area contributed by atoms with E-state index in [1.807, 2.05) is 22.9 Å². The van der Waals surface area contributed by atoms with Crippen molar-refractivity contribution in [1.29, 1.82) is 0 Å². The van der Waals surface area contributed by atoms with E-state index in [2.05, 4.69) is 10.3 Å². The molecule has 0 aliphatic heterocycles. The number of aromatic nitrogens is 2. The Hall–Kier alpha value is -2.66. The van der Waals surface area contributed by atoms with E-state index in [4.69, 9.17) is 11.6 Å². The van der Waals surface area contributed by atoms with Crippen LogP contribution in [0, 0.1) is 5.82 Å². The van der Waals surface area contributed by atoms with E-state index < -0.39 is 11.7 Å². The number of amides is 1. The molecular weight excluding hydrogens is 305 g/mol. The normalized spacial score (nSPS) is 10.5. The fourth-order valence-corrected chi connectivity index (χ4v) is 2.16. The zero-order valence-electron chi connectivity index (χ0n) is 11.3. The predicted molar refractivity (Wildman–Crippen MR) is 82.9 cm³/mol. The highest BCUT2D eigenvalue weighted by Gasteiger charge is 2.12. The number of anilines is 1. The molecule has 4 nitrogen and oxygen atoms in total. The van der Waals surface area contributed by atoms with Crippen LogP contribution in [0.4, 0.5) is 10.1 Å². The number of hydrogen-bond donors (Lipinski definition) is 1. The van der Waals surface area contributed by atoms with Crippen LogP contribution < -0.4 is 5.32 Å². The number of nitrogens with zero attached hydrogens (tertiary/aromatic N) is 2. The lowest BCUT2D eigenvalue weighted by Crippen LogP contribution is -2.13. The fourth-order valence-electron chi connectivity index (χ4n) is 2.00. The summed E-state index contributed by atoms with van der Waals surface area (Å²) in [5.74, 6) is -1.18. The van der Waals surface area contributed by atoms with E-state index in [1.54, 1.807) is 24.7 Å². The summed E-state index contributed by atoms with van der Waals surface area (Å²) < 4.78 is 15.5. The Labute approximate surface area is 131 Å². The van der Waals surface area contributed by atoms with Crippen LogP contribution in [0.1, 0.15) is 10.4 Å². The molecule has 110 valence electrons. The Morgan fingerprint density at radius 2 is 1.95 bits per heavy atom. The zero-order chi connectivity index (χ0) is 15.5. The van der Waals surface area contributed by atoms with Gasteiger partial charge in [-0.15, -0.1) is 0 Å². The van der Waals surface area contributed by atoms with Gasteiger partial charge in [-0.3, -0.25) is 4.79 Å². The van der Waals surface area contributed by atoms with Gasteiger partial charge in [-0.1, -0.05) is 11.6 Å². The quantitative estimate of drug-likeness (QED) is 0.796. The average Bonchev–Trinajstić information content (AvgIpc) is 3.02. The second-order valence-corrected chi connectivity index (χ2v) is 5.03. The SMILES string of the molecule is O=C(Nc1ccc(-n2ccnc2)cc1)c1ccc(Cl)cc1F. The summed E-state index contributed by atoms with van der Waals surface area (Å²) in [6, 6.07) is 11.1. The minimum Gasteiger partial charge on any atom is -0.322 e. The first kappa shape index (κ1) is 14.3. The molecule has 2 aromatic carbocycles. The van der Waals surface area contributed by atoms with Crippen molar-refractivity contribution >= 4 is 23.2 Å². The van der Waals surface area contributed by atoms with Crippen molar-refractivity contribution in [3.8, 4) is 5.69 Å². The highest BCUT2D eigenvalue weighted by Crippen LogP contribution is 2.17. The molecule has 0 unspecified atom stereocenters. The molecule has 0 atom stereocenters. The summed E-state index contributed by atoms with van der Waals surface area (Å²) in [5, 5.41) is 2.89. The van der Waals surface area contributed by atoms with Gasteiger partial charge in [0, 0.05) is 28.8 Å². The molecule has 1 heterocycles. The molecule has 0 radical (unpaired) electrons. The first-order valence-corrected chi connectivity index (χ1v) is 6.86. The molecule has 0 bridgehead atoms. The van der Waals surface area contributed by atoms with Crippen molar-refractivity contribution < 1.29 is 9.18 Å². The lowest BCUT2D eigenvalue weighted by molar-refractivity contribution is 0.102. The van der Waals surface area contributed by atoms with E-state index in [0.717, 1.165) is 11.8 Å². The second kappa shape index (κ2) is 5.99. The molecule has 0 spiro atoms. The number of imidazole rings is 1. The number of benzene rings is 2. The molecule has 1 amide bonds. The highest BCUT2D eigenvalue weighted by atomic mass is 35.5. The first-order chi connectivity index (χ1) is 10.6. The van der Waals surface area contributed by atoms with Crippen molar-refractivity contribution in [3.63, 3.8) is 0 Å². The van der Waals surface area contributed by atoms with Crippen molar-refractivity contribution in [1.82, 2.24) is 9.55 Å². The Bertz CT molecular complexity index is 801. The Morgan fingerprint density at radius 3 is 2.59 bits per heavy atom. The third-order valence-electron chi connectivity index (χ3n) is 3.10. The van der Waals surface area contributed by atoms with Crippen molar-refractivity contribution in [3.05, 3.63) is 77.6 Å². The number of halogens is 2. The van der Waals surface area contributed by atoms with Crippen LogP contribution in [0.3, 0.4) is 0 Å². The van der Waals surface area contributed by atoms with Gasteiger partial charge in [0.1, 0.15) is 5.82 Å². The lowest BCUT2D eigenvalue weighted by Gasteiger charge is -2.08. The Kier molecular flexibility index (Phi) is 3.89. The van der Waals surface area contributed by atoms with Crippen LogP contribution in [-0.4, -0.2) is 15.5 Å². The van der Waals surface area contributed by atoms with Gasteiger partial charge in [0.05, 0.1) is 11.9 Å². The summed E-state index contributed by atoms with van der Waals surface area (Å²) in [6.45, 7) is 0. The maximum Gasteiger partial charge on any atom is 0.258 e. The van der Waals surface area contributed by atoms with Gasteiger partial charge in [0.25, 0.3) is 5.91 Å². The summed E-state index contributed by atoms with van der Waals surface area (Å²) in [5.41, 5.74) is 1.43. The summed E-state index contributed by atoms with van der Waals surface area (Å²) in [6.07, 6.45) is 5.17. The van der Waals surface area contributed by atoms with Crippen molar-refractivity contribution in [2.45, 2.75) is 0 Å². The molecule has 3 rings (SSSR count). The monoisotopic (exact) mass is 315 g/mol. The Balaban J connectivity index is 1.77. The number of nitrogens with one attached hydrogen (secondary N) is 1. The van der Waals surface area contributed by atoms with Crippen molar-refractivity contribution in [2.75, 3.05) is 5.32 Å². The van der Waals surface area contributed by atoms with Crippen LogP contribution in [-0.2, 0) is 0 Å². The van der Waals surface area contributed by atoms with E-state index >= 15 is 0 Å². The first-order valence-electron chi connectivity index (χ1n) is 6.48. The molecule has 6 heteroatoms. The average molecular weight is 316 g/mol. The van der Waals surface area contributed by atoms with E-state index in [1.165, 1.54) is 12.1 Å². The molecule has 1 aromatic heterocycles.